The van der Waals surface area contributed by atoms with Crippen LogP contribution in [0.1, 0.15) is 20.3 Å². The lowest BCUT2D eigenvalue weighted by atomic mass is 10.1. The van der Waals surface area contributed by atoms with Crippen LogP contribution >= 0.6 is 23.2 Å². The predicted molar refractivity (Wildman–Crippen MR) is 117 cm³/mol. The molecule has 1 aromatic heterocycles. The van der Waals surface area contributed by atoms with Crippen molar-refractivity contribution in [3.05, 3.63) is 46.4 Å². The number of fused-ring (bicyclic) bond motifs is 3. The van der Waals surface area contributed by atoms with Crippen LogP contribution in [0.5, 0.6) is 0 Å². The maximum Gasteiger partial charge on any atom is 0.211 e. The van der Waals surface area contributed by atoms with E-state index in [4.69, 9.17) is 28.2 Å². The van der Waals surface area contributed by atoms with Crippen molar-refractivity contribution in [2.45, 2.75) is 32.9 Å². The second-order valence-electron chi connectivity index (χ2n) is 6.97. The number of imidazole rings is 1. The van der Waals surface area contributed by atoms with Crippen LogP contribution in [-0.4, -0.2) is 40.4 Å². The van der Waals surface area contributed by atoms with Crippen molar-refractivity contribution in [3.63, 3.8) is 0 Å². The van der Waals surface area contributed by atoms with E-state index in [1.807, 2.05) is 12.1 Å². The van der Waals surface area contributed by atoms with Gasteiger partial charge in [-0.2, -0.15) is 0 Å². The van der Waals surface area contributed by atoms with Crippen LogP contribution in [-0.2, 0) is 6.54 Å². The van der Waals surface area contributed by atoms with E-state index in [0.717, 1.165) is 42.3 Å². The van der Waals surface area contributed by atoms with Crippen LogP contribution < -0.4 is 9.80 Å². The third-order valence-corrected chi connectivity index (χ3v) is 5.97. The van der Waals surface area contributed by atoms with Gasteiger partial charge in [-0.1, -0.05) is 29.3 Å². The minimum absolute atomic E-state index is 0.0836. The summed E-state index contributed by atoms with van der Waals surface area (Å²) in [7, 11) is 0. The van der Waals surface area contributed by atoms with Crippen molar-refractivity contribution in [3.8, 4) is 0 Å². The summed E-state index contributed by atoms with van der Waals surface area (Å²) < 4.78 is 2.26. The maximum atomic E-state index is 9.63. The van der Waals surface area contributed by atoms with Gasteiger partial charge in [-0.25, -0.2) is 4.98 Å². The van der Waals surface area contributed by atoms with E-state index in [0.29, 0.717) is 16.5 Å². The smallest absolute Gasteiger partial charge is 0.211 e. The molecule has 2 aromatic carbocycles. The molecular formula is C21H24Cl2N4O. The first-order chi connectivity index (χ1) is 13.6. The number of aliphatic hydroxyl groups is 1. The number of para-hydroxylation sites is 1. The average molecular weight is 419 g/mol. The topological polar surface area (TPSA) is 44.5 Å². The molecule has 7 heteroatoms. The molecule has 1 aliphatic heterocycles. The molecular weight excluding hydrogens is 395 g/mol. The molecule has 1 aliphatic rings. The minimum Gasteiger partial charge on any atom is -0.396 e. The van der Waals surface area contributed by atoms with Gasteiger partial charge in [-0.15, -0.1) is 0 Å². The van der Waals surface area contributed by atoms with Crippen LogP contribution in [0.3, 0.4) is 0 Å². The van der Waals surface area contributed by atoms with Gasteiger partial charge in [0.25, 0.3) is 0 Å². The van der Waals surface area contributed by atoms with Crippen LogP contribution in [0.25, 0.3) is 11.0 Å². The highest BCUT2D eigenvalue weighted by Gasteiger charge is 2.35. The summed E-state index contributed by atoms with van der Waals surface area (Å²) in [5.41, 5.74) is 4.16. The Kier molecular flexibility index (Phi) is 5.41. The maximum absolute atomic E-state index is 9.63. The number of anilines is 3. The number of benzene rings is 2. The van der Waals surface area contributed by atoms with Crippen molar-refractivity contribution >= 4 is 51.6 Å². The quantitative estimate of drug-likeness (QED) is 0.605. The van der Waals surface area contributed by atoms with Gasteiger partial charge < -0.3 is 19.5 Å². The lowest BCUT2D eigenvalue weighted by Crippen LogP contribution is -2.29. The molecule has 28 heavy (non-hydrogen) atoms. The number of aromatic nitrogens is 2. The van der Waals surface area contributed by atoms with E-state index in [-0.39, 0.29) is 12.6 Å². The summed E-state index contributed by atoms with van der Waals surface area (Å²) in [6, 6.07) is 11.9. The molecule has 148 valence electrons. The van der Waals surface area contributed by atoms with E-state index in [1.165, 1.54) is 5.69 Å². The van der Waals surface area contributed by atoms with Gasteiger partial charge in [0.2, 0.25) is 5.95 Å². The number of hydrogen-bond acceptors (Lipinski definition) is 4. The first kappa shape index (κ1) is 19.4. The zero-order valence-electron chi connectivity index (χ0n) is 16.1. The molecule has 0 bridgehead atoms. The Labute approximate surface area is 175 Å². The zero-order valence-corrected chi connectivity index (χ0v) is 17.6. The van der Waals surface area contributed by atoms with Gasteiger partial charge >= 0.3 is 0 Å². The van der Waals surface area contributed by atoms with Gasteiger partial charge in [0.15, 0.2) is 0 Å². The summed E-state index contributed by atoms with van der Waals surface area (Å²) in [5.74, 6) is 0.859. The fraction of sp³-hybridized carbons (Fsp3) is 0.381. The monoisotopic (exact) mass is 418 g/mol. The number of nitrogens with zero attached hydrogens (tertiary/aromatic N) is 4. The Balaban J connectivity index is 1.91. The molecule has 4 rings (SSSR count). The first-order valence-corrected chi connectivity index (χ1v) is 10.4. The largest absolute Gasteiger partial charge is 0.396 e. The van der Waals surface area contributed by atoms with Gasteiger partial charge in [0.1, 0.15) is 0 Å². The van der Waals surface area contributed by atoms with Crippen molar-refractivity contribution < 1.29 is 5.11 Å². The third-order valence-electron chi connectivity index (χ3n) is 5.43. The van der Waals surface area contributed by atoms with E-state index >= 15 is 0 Å². The molecule has 2 heterocycles. The predicted octanol–water partition coefficient (Wildman–Crippen LogP) is 5.09. The van der Waals surface area contributed by atoms with E-state index in [2.05, 4.69) is 46.4 Å². The molecule has 0 amide bonds. The van der Waals surface area contributed by atoms with Gasteiger partial charge in [-0.3, -0.25) is 0 Å². The van der Waals surface area contributed by atoms with E-state index < -0.39 is 0 Å². The summed E-state index contributed by atoms with van der Waals surface area (Å²) in [6.07, 6.45) is 0.636. The lowest BCUT2D eigenvalue weighted by Gasteiger charge is -2.25. The summed E-state index contributed by atoms with van der Waals surface area (Å²) >= 11 is 12.6. The first-order valence-electron chi connectivity index (χ1n) is 9.68. The summed E-state index contributed by atoms with van der Waals surface area (Å²) in [5, 5.41) is 10.8. The fourth-order valence-corrected chi connectivity index (χ4v) is 4.64. The molecule has 1 N–H and O–H groups in total. The molecule has 0 aliphatic carbocycles. The second kappa shape index (κ2) is 7.82. The number of halogens is 2. The Hall–Kier alpha value is -1.95. The molecule has 1 atom stereocenters. The molecule has 5 nitrogen and oxygen atoms in total. The SMILES string of the molecule is CCN(CC)c1cccc2nc3n(c12)CC(CCO)N3c1ccc(Cl)cc1Cl. The number of hydrogen-bond donors (Lipinski definition) is 1. The highest BCUT2D eigenvalue weighted by atomic mass is 35.5. The van der Waals surface area contributed by atoms with Gasteiger partial charge in [-0.05, 0) is 50.6 Å². The molecule has 3 aromatic rings. The summed E-state index contributed by atoms with van der Waals surface area (Å²) in [6.45, 7) is 7.06. The van der Waals surface area contributed by atoms with Crippen molar-refractivity contribution in [2.24, 2.45) is 0 Å². The Bertz CT molecular complexity index is 999. The van der Waals surface area contributed by atoms with Crippen LogP contribution in [0.4, 0.5) is 17.3 Å². The van der Waals surface area contributed by atoms with Crippen molar-refractivity contribution in [1.82, 2.24) is 9.55 Å². The highest BCUT2D eigenvalue weighted by molar-refractivity contribution is 6.36. The molecule has 0 spiro atoms. The third kappa shape index (κ3) is 3.11. The molecule has 1 unspecified atom stereocenters. The number of rotatable bonds is 6. The molecule has 0 saturated heterocycles. The Morgan fingerprint density at radius 2 is 1.96 bits per heavy atom. The normalized spacial score (nSPS) is 16.0. The standard InChI is InChI=1S/C21H24Cl2N4O/c1-3-25(4-2)19-7-5-6-17-20(19)26-13-15(10-11-28)27(21(26)24-17)18-9-8-14(22)12-16(18)23/h5-9,12,15,28H,3-4,10-11,13H2,1-2H3. The lowest BCUT2D eigenvalue weighted by molar-refractivity contribution is 0.274. The van der Waals surface area contributed by atoms with Crippen molar-refractivity contribution in [2.75, 3.05) is 29.5 Å². The number of aliphatic hydroxyl groups excluding tert-OH is 1. The average Bonchev–Trinajstić information content (AvgIpc) is 3.19. The van der Waals surface area contributed by atoms with Gasteiger partial charge in [0.05, 0.1) is 33.5 Å². The van der Waals surface area contributed by atoms with Crippen LogP contribution in [0.15, 0.2) is 36.4 Å². The van der Waals surface area contributed by atoms with Crippen molar-refractivity contribution in [1.29, 1.82) is 0 Å². The summed E-state index contributed by atoms with van der Waals surface area (Å²) in [4.78, 5) is 9.43. The van der Waals surface area contributed by atoms with Gasteiger partial charge in [0, 0.05) is 31.3 Å². The zero-order chi connectivity index (χ0) is 19.8. The Morgan fingerprint density at radius 1 is 1.18 bits per heavy atom. The second-order valence-corrected chi connectivity index (χ2v) is 7.82. The fourth-order valence-electron chi connectivity index (χ4n) is 4.14. The minimum atomic E-state index is 0.0836. The molecule has 0 fully saturated rings. The van der Waals surface area contributed by atoms with E-state index in [1.54, 1.807) is 6.07 Å². The van der Waals surface area contributed by atoms with Crippen LogP contribution in [0, 0.1) is 0 Å². The Morgan fingerprint density at radius 3 is 2.64 bits per heavy atom. The van der Waals surface area contributed by atoms with E-state index in [9.17, 15) is 5.11 Å². The molecule has 0 radical (unpaired) electrons. The molecule has 0 saturated carbocycles. The highest BCUT2D eigenvalue weighted by Crippen LogP contribution is 2.43. The van der Waals surface area contributed by atoms with Crippen LogP contribution in [0.2, 0.25) is 10.0 Å².